The quantitative estimate of drug-likeness (QED) is 0.250. The highest BCUT2D eigenvalue weighted by atomic mass is 35.5. The Morgan fingerprint density at radius 3 is 2.08 bits per heavy atom. The minimum atomic E-state index is 0.0683. The molecule has 0 aromatic carbocycles. The van der Waals surface area contributed by atoms with E-state index < -0.39 is 0 Å². The molecule has 0 saturated carbocycles. The zero-order valence-corrected chi connectivity index (χ0v) is 16.4. The second-order valence-electron chi connectivity index (χ2n) is 5.89. The van der Waals surface area contributed by atoms with Crippen LogP contribution in [0.2, 0.25) is 0 Å². The van der Waals surface area contributed by atoms with Gasteiger partial charge in [0.1, 0.15) is 0 Å². The standard InChI is InChI=1S/C18H37ClN2O4/c19-9-4-1-2-5-12-24-16-17-25-15-11-21-18(22)8-3-6-13-23-14-7-10-20/h1-17,20H2,(H,21,22). The lowest BCUT2D eigenvalue weighted by atomic mass is 10.2. The average Bonchev–Trinajstić information content (AvgIpc) is 2.62. The molecule has 0 radical (unpaired) electrons. The van der Waals surface area contributed by atoms with Crippen LogP contribution in [0, 0.1) is 0 Å². The lowest BCUT2D eigenvalue weighted by Crippen LogP contribution is -2.27. The van der Waals surface area contributed by atoms with Crippen LogP contribution in [0.25, 0.3) is 0 Å². The first-order valence-corrected chi connectivity index (χ1v) is 10.1. The molecule has 0 rings (SSSR count). The molecule has 1 amide bonds. The van der Waals surface area contributed by atoms with Crippen molar-refractivity contribution in [2.75, 3.05) is 58.6 Å². The monoisotopic (exact) mass is 380 g/mol. The third-order valence-corrected chi connectivity index (χ3v) is 3.82. The van der Waals surface area contributed by atoms with Crippen LogP contribution < -0.4 is 11.1 Å². The first kappa shape index (κ1) is 24.6. The first-order chi connectivity index (χ1) is 12.3. The van der Waals surface area contributed by atoms with Crippen LogP contribution in [0.4, 0.5) is 0 Å². The smallest absolute Gasteiger partial charge is 0.220 e. The molecule has 3 N–H and O–H groups in total. The Labute approximate surface area is 158 Å². The molecule has 25 heavy (non-hydrogen) atoms. The van der Waals surface area contributed by atoms with Gasteiger partial charge >= 0.3 is 0 Å². The molecule has 0 bridgehead atoms. The molecular weight excluding hydrogens is 344 g/mol. The highest BCUT2D eigenvalue weighted by Gasteiger charge is 2.00. The fraction of sp³-hybridized carbons (Fsp3) is 0.944. The Bertz CT molecular complexity index is 284. The molecule has 0 aromatic rings. The molecule has 0 saturated heterocycles. The Hall–Kier alpha value is -0.400. The number of carbonyl (C=O) groups excluding carboxylic acids is 1. The minimum absolute atomic E-state index is 0.0683. The zero-order chi connectivity index (χ0) is 18.4. The fourth-order valence-corrected chi connectivity index (χ4v) is 2.29. The van der Waals surface area contributed by atoms with Crippen molar-refractivity contribution in [2.45, 2.75) is 51.4 Å². The van der Waals surface area contributed by atoms with Crippen molar-refractivity contribution in [1.82, 2.24) is 5.32 Å². The van der Waals surface area contributed by atoms with Gasteiger partial charge in [-0.15, -0.1) is 11.6 Å². The third kappa shape index (κ3) is 21.6. The van der Waals surface area contributed by atoms with Crippen LogP contribution >= 0.6 is 11.6 Å². The normalized spacial score (nSPS) is 11.0. The number of nitrogens with two attached hydrogens (primary N) is 1. The summed E-state index contributed by atoms with van der Waals surface area (Å²) in [6.45, 7) is 5.08. The lowest BCUT2D eigenvalue weighted by molar-refractivity contribution is -0.121. The van der Waals surface area contributed by atoms with Crippen LogP contribution in [0.5, 0.6) is 0 Å². The van der Waals surface area contributed by atoms with Crippen LogP contribution in [-0.4, -0.2) is 64.5 Å². The van der Waals surface area contributed by atoms with Gasteiger partial charge in [-0.25, -0.2) is 0 Å². The van der Waals surface area contributed by atoms with Crippen LogP contribution in [-0.2, 0) is 19.0 Å². The molecule has 0 unspecified atom stereocenters. The van der Waals surface area contributed by atoms with E-state index in [0.717, 1.165) is 44.6 Å². The fourth-order valence-electron chi connectivity index (χ4n) is 2.10. The molecule has 6 nitrogen and oxygen atoms in total. The number of alkyl halides is 1. The van der Waals surface area contributed by atoms with E-state index in [2.05, 4.69) is 5.32 Å². The largest absolute Gasteiger partial charge is 0.381 e. The van der Waals surface area contributed by atoms with Gasteiger partial charge in [0.05, 0.1) is 19.8 Å². The second-order valence-corrected chi connectivity index (χ2v) is 6.27. The number of ether oxygens (including phenoxy) is 3. The van der Waals surface area contributed by atoms with Gasteiger partial charge < -0.3 is 25.3 Å². The molecular formula is C18H37ClN2O4. The first-order valence-electron chi connectivity index (χ1n) is 9.57. The SMILES string of the molecule is NCCCOCCCCC(=O)NCCOCCOCCCCCCCl. The van der Waals surface area contributed by atoms with Gasteiger partial charge in [0.25, 0.3) is 0 Å². The number of rotatable bonds is 20. The van der Waals surface area contributed by atoms with Gasteiger partial charge in [-0.3, -0.25) is 4.79 Å². The topological polar surface area (TPSA) is 82.8 Å². The van der Waals surface area contributed by atoms with E-state index >= 15 is 0 Å². The van der Waals surface area contributed by atoms with Crippen LogP contribution in [0.3, 0.4) is 0 Å². The summed E-state index contributed by atoms with van der Waals surface area (Å²) in [5.41, 5.74) is 5.37. The van der Waals surface area contributed by atoms with Crippen molar-refractivity contribution >= 4 is 17.5 Å². The molecule has 0 heterocycles. The Morgan fingerprint density at radius 1 is 0.760 bits per heavy atom. The number of halogens is 1. The Morgan fingerprint density at radius 2 is 1.36 bits per heavy atom. The summed E-state index contributed by atoms with van der Waals surface area (Å²) >= 11 is 5.61. The van der Waals surface area contributed by atoms with Gasteiger partial charge in [-0.2, -0.15) is 0 Å². The molecule has 0 aliphatic carbocycles. The van der Waals surface area contributed by atoms with Crippen molar-refractivity contribution in [3.8, 4) is 0 Å². The van der Waals surface area contributed by atoms with E-state index in [-0.39, 0.29) is 5.91 Å². The van der Waals surface area contributed by atoms with Gasteiger partial charge in [-0.1, -0.05) is 12.8 Å². The van der Waals surface area contributed by atoms with E-state index in [1.54, 1.807) is 0 Å². The average molecular weight is 381 g/mol. The number of hydrogen-bond acceptors (Lipinski definition) is 5. The molecule has 7 heteroatoms. The van der Waals surface area contributed by atoms with Crippen molar-refractivity contribution in [1.29, 1.82) is 0 Å². The predicted octanol–water partition coefficient (Wildman–Crippen LogP) is 2.47. The maximum atomic E-state index is 11.6. The van der Waals surface area contributed by atoms with Crippen LogP contribution in [0.1, 0.15) is 51.4 Å². The maximum Gasteiger partial charge on any atom is 0.220 e. The highest BCUT2D eigenvalue weighted by Crippen LogP contribution is 2.01. The maximum absolute atomic E-state index is 11.6. The van der Waals surface area contributed by atoms with Gasteiger partial charge in [-0.05, 0) is 38.6 Å². The number of amides is 1. The Kier molecular flexibility index (Phi) is 21.3. The molecule has 0 spiro atoms. The van der Waals surface area contributed by atoms with Gasteiger partial charge in [0.2, 0.25) is 5.91 Å². The summed E-state index contributed by atoms with van der Waals surface area (Å²) in [4.78, 5) is 11.6. The van der Waals surface area contributed by atoms with Crippen LogP contribution in [0.15, 0.2) is 0 Å². The minimum Gasteiger partial charge on any atom is -0.381 e. The van der Waals surface area contributed by atoms with E-state index in [1.165, 1.54) is 12.8 Å². The summed E-state index contributed by atoms with van der Waals surface area (Å²) in [6, 6.07) is 0. The molecule has 150 valence electrons. The summed E-state index contributed by atoms with van der Waals surface area (Å²) in [5.74, 6) is 0.813. The summed E-state index contributed by atoms with van der Waals surface area (Å²) in [7, 11) is 0. The number of hydrogen-bond donors (Lipinski definition) is 2. The molecule has 0 aromatic heterocycles. The molecule has 0 fully saturated rings. The van der Waals surface area contributed by atoms with Crippen molar-refractivity contribution in [2.24, 2.45) is 5.73 Å². The number of unbranched alkanes of at least 4 members (excludes halogenated alkanes) is 4. The Balaban J connectivity index is 3.12. The molecule has 0 atom stereocenters. The number of nitrogens with one attached hydrogen (secondary N) is 1. The third-order valence-electron chi connectivity index (χ3n) is 3.55. The highest BCUT2D eigenvalue weighted by molar-refractivity contribution is 6.17. The second kappa shape index (κ2) is 21.6. The predicted molar refractivity (Wildman–Crippen MR) is 102 cm³/mol. The zero-order valence-electron chi connectivity index (χ0n) is 15.6. The summed E-state index contributed by atoms with van der Waals surface area (Å²) < 4.78 is 16.3. The van der Waals surface area contributed by atoms with Gasteiger partial charge in [0, 0.05) is 38.7 Å². The van der Waals surface area contributed by atoms with E-state index in [0.29, 0.717) is 52.5 Å². The summed E-state index contributed by atoms with van der Waals surface area (Å²) in [5, 5.41) is 2.85. The van der Waals surface area contributed by atoms with E-state index in [9.17, 15) is 4.79 Å². The van der Waals surface area contributed by atoms with E-state index in [1.807, 2.05) is 0 Å². The molecule has 0 aliphatic rings. The molecule has 0 aliphatic heterocycles. The summed E-state index contributed by atoms with van der Waals surface area (Å²) in [6.07, 6.45) is 7.66. The van der Waals surface area contributed by atoms with Crippen molar-refractivity contribution in [3.05, 3.63) is 0 Å². The van der Waals surface area contributed by atoms with Gasteiger partial charge in [0.15, 0.2) is 0 Å². The number of carbonyl (C=O) groups is 1. The van der Waals surface area contributed by atoms with Crippen molar-refractivity contribution in [3.63, 3.8) is 0 Å². The van der Waals surface area contributed by atoms with Crippen molar-refractivity contribution < 1.29 is 19.0 Å². The lowest BCUT2D eigenvalue weighted by Gasteiger charge is -2.07. The van der Waals surface area contributed by atoms with E-state index in [4.69, 9.17) is 31.5 Å².